The summed E-state index contributed by atoms with van der Waals surface area (Å²) in [5.74, 6) is 0.486. The molecule has 8 nitrogen and oxygen atoms in total. The van der Waals surface area contributed by atoms with Gasteiger partial charge in [0.05, 0.1) is 36.5 Å². The molecule has 0 aliphatic heterocycles. The largest absolute Gasteiger partial charge is 0.446 e. The van der Waals surface area contributed by atoms with Gasteiger partial charge in [-0.2, -0.15) is 10.4 Å². The van der Waals surface area contributed by atoms with Crippen LogP contribution in [0.5, 0.6) is 0 Å². The van der Waals surface area contributed by atoms with Crippen LogP contribution in [0, 0.1) is 17.2 Å². The molecule has 8 heteroatoms. The zero-order chi connectivity index (χ0) is 20.4. The second-order valence-electron chi connectivity index (χ2n) is 7.76. The van der Waals surface area contributed by atoms with Gasteiger partial charge in [-0.15, -0.1) is 0 Å². The van der Waals surface area contributed by atoms with E-state index in [0.717, 1.165) is 23.8 Å². The summed E-state index contributed by atoms with van der Waals surface area (Å²) in [5, 5.41) is 14.6. The number of ether oxygens (including phenoxy) is 1. The number of nitrogens with zero attached hydrogens (tertiary/aromatic N) is 6. The third-order valence-electron chi connectivity index (χ3n) is 5.47. The Balaban J connectivity index is 1.68. The Morgan fingerprint density at radius 1 is 1.34 bits per heavy atom. The van der Waals surface area contributed by atoms with Gasteiger partial charge in [0.15, 0.2) is 5.65 Å². The number of carbonyl (C=O) groups excluding carboxylic acids is 1. The van der Waals surface area contributed by atoms with E-state index in [-0.39, 0.29) is 12.1 Å². The van der Waals surface area contributed by atoms with Gasteiger partial charge in [0.25, 0.3) is 0 Å². The zero-order valence-corrected chi connectivity index (χ0v) is 16.7. The fourth-order valence-corrected chi connectivity index (χ4v) is 4.14. The molecular formula is C21H24N6O2. The lowest BCUT2D eigenvalue weighted by Gasteiger charge is -2.21. The summed E-state index contributed by atoms with van der Waals surface area (Å²) < 4.78 is 8.58. The zero-order valence-electron chi connectivity index (χ0n) is 16.7. The number of nitriles is 1. The Kier molecular flexibility index (Phi) is 5.30. The highest BCUT2D eigenvalue weighted by atomic mass is 16.6. The third-order valence-corrected chi connectivity index (χ3v) is 5.47. The predicted octanol–water partition coefficient (Wildman–Crippen LogP) is 4.33. The van der Waals surface area contributed by atoms with E-state index in [9.17, 15) is 10.1 Å². The maximum absolute atomic E-state index is 12.3. The van der Waals surface area contributed by atoms with E-state index in [4.69, 9.17) is 4.74 Å². The van der Waals surface area contributed by atoms with Crippen molar-refractivity contribution in [1.29, 1.82) is 5.26 Å². The summed E-state index contributed by atoms with van der Waals surface area (Å²) in [4.78, 5) is 21.0. The molecule has 3 aromatic heterocycles. The van der Waals surface area contributed by atoms with Crippen LogP contribution in [-0.2, 0) is 4.74 Å². The maximum atomic E-state index is 12.3. The second-order valence-corrected chi connectivity index (χ2v) is 7.76. The molecule has 0 spiro atoms. The molecule has 3 heterocycles. The van der Waals surface area contributed by atoms with Crippen LogP contribution >= 0.6 is 0 Å². The lowest BCUT2D eigenvalue weighted by Crippen LogP contribution is -2.17. The molecule has 150 valence electrons. The fourth-order valence-electron chi connectivity index (χ4n) is 4.14. The van der Waals surface area contributed by atoms with Gasteiger partial charge in [0.2, 0.25) is 0 Å². The normalized spacial score (nSPS) is 15.7. The molecule has 0 radical (unpaired) electrons. The standard InChI is InChI=1S/C21H24N6O2/c1-14(2)29-21(28)26-10-8-17-19(23-13-24-20(17)26)16-11-25-27(12-16)18(7-9-22)15-5-3-4-6-15/h8,10-15,18H,3-7H2,1-2H3/t18-/m1/s1. The van der Waals surface area contributed by atoms with Crippen LogP contribution in [0.2, 0.25) is 0 Å². The molecule has 1 aliphatic carbocycles. The molecule has 1 fully saturated rings. The maximum Gasteiger partial charge on any atom is 0.419 e. The van der Waals surface area contributed by atoms with Gasteiger partial charge in [0.1, 0.15) is 6.33 Å². The number of hydrogen-bond acceptors (Lipinski definition) is 6. The molecule has 0 aromatic carbocycles. The molecule has 1 atom stereocenters. The van der Waals surface area contributed by atoms with E-state index >= 15 is 0 Å². The monoisotopic (exact) mass is 392 g/mol. The van der Waals surface area contributed by atoms with E-state index < -0.39 is 6.09 Å². The number of carbonyl (C=O) groups is 1. The first-order chi connectivity index (χ1) is 14.1. The average molecular weight is 392 g/mol. The van der Waals surface area contributed by atoms with Crippen molar-refractivity contribution in [2.24, 2.45) is 5.92 Å². The van der Waals surface area contributed by atoms with Crippen molar-refractivity contribution < 1.29 is 9.53 Å². The number of hydrogen-bond donors (Lipinski definition) is 0. The number of rotatable bonds is 5. The van der Waals surface area contributed by atoms with Crippen LogP contribution in [0.25, 0.3) is 22.3 Å². The molecule has 0 bridgehead atoms. The first-order valence-corrected chi connectivity index (χ1v) is 10.0. The van der Waals surface area contributed by atoms with Crippen molar-refractivity contribution in [3.8, 4) is 17.3 Å². The minimum atomic E-state index is -0.467. The second kappa shape index (κ2) is 8.03. The van der Waals surface area contributed by atoms with Crippen LogP contribution in [-0.4, -0.2) is 36.5 Å². The number of fused-ring (bicyclic) bond motifs is 1. The van der Waals surface area contributed by atoms with Gasteiger partial charge < -0.3 is 4.74 Å². The van der Waals surface area contributed by atoms with Crippen molar-refractivity contribution in [2.75, 3.05) is 0 Å². The van der Waals surface area contributed by atoms with Crippen molar-refractivity contribution in [1.82, 2.24) is 24.3 Å². The van der Waals surface area contributed by atoms with E-state index in [1.807, 2.05) is 16.9 Å². The van der Waals surface area contributed by atoms with Crippen LogP contribution in [0.1, 0.15) is 52.0 Å². The molecule has 0 amide bonds. The van der Waals surface area contributed by atoms with Gasteiger partial charge in [-0.25, -0.2) is 19.3 Å². The summed E-state index contributed by atoms with van der Waals surface area (Å²) in [5.41, 5.74) is 2.05. The summed E-state index contributed by atoms with van der Waals surface area (Å²) in [6, 6.07) is 4.21. The minimum Gasteiger partial charge on any atom is -0.446 e. The quantitative estimate of drug-likeness (QED) is 0.641. The lowest BCUT2D eigenvalue weighted by atomic mass is 9.96. The molecule has 0 saturated heterocycles. The van der Waals surface area contributed by atoms with Gasteiger partial charge in [-0.1, -0.05) is 12.8 Å². The summed E-state index contributed by atoms with van der Waals surface area (Å²) in [6.45, 7) is 3.61. The van der Waals surface area contributed by atoms with Gasteiger partial charge in [-0.05, 0) is 38.7 Å². The van der Waals surface area contributed by atoms with Gasteiger partial charge in [-0.3, -0.25) is 4.68 Å². The van der Waals surface area contributed by atoms with Crippen molar-refractivity contribution in [3.63, 3.8) is 0 Å². The molecule has 0 unspecified atom stereocenters. The highest BCUT2D eigenvalue weighted by Crippen LogP contribution is 2.36. The smallest absolute Gasteiger partial charge is 0.419 e. The highest BCUT2D eigenvalue weighted by molar-refractivity contribution is 5.95. The molecule has 3 aromatic rings. The van der Waals surface area contributed by atoms with Gasteiger partial charge >= 0.3 is 6.09 Å². The fraction of sp³-hybridized carbons (Fsp3) is 0.476. The minimum absolute atomic E-state index is 0.0826. The van der Waals surface area contributed by atoms with Crippen LogP contribution in [0.3, 0.4) is 0 Å². The van der Waals surface area contributed by atoms with Crippen molar-refractivity contribution >= 4 is 17.1 Å². The van der Waals surface area contributed by atoms with E-state index in [2.05, 4.69) is 21.1 Å². The van der Waals surface area contributed by atoms with Crippen LogP contribution < -0.4 is 0 Å². The SMILES string of the molecule is CC(C)OC(=O)n1ccc2c(-c3cnn([C@H](CC#N)C4CCCC4)c3)ncnc21. The highest BCUT2D eigenvalue weighted by Gasteiger charge is 2.27. The Bertz CT molecular complexity index is 1050. The molecule has 1 aliphatic rings. The first kappa shape index (κ1) is 19.1. The van der Waals surface area contributed by atoms with E-state index in [0.29, 0.717) is 23.7 Å². The average Bonchev–Trinajstić information content (AvgIpc) is 3.45. The molecule has 0 N–H and O–H groups in total. The van der Waals surface area contributed by atoms with Crippen molar-refractivity contribution in [3.05, 3.63) is 31.0 Å². The van der Waals surface area contributed by atoms with Crippen LogP contribution in [0.15, 0.2) is 31.0 Å². The lowest BCUT2D eigenvalue weighted by molar-refractivity contribution is 0.118. The number of aromatic nitrogens is 5. The Hall–Kier alpha value is -3.21. The summed E-state index contributed by atoms with van der Waals surface area (Å²) >= 11 is 0. The van der Waals surface area contributed by atoms with E-state index in [1.165, 1.54) is 23.7 Å². The molecule has 29 heavy (non-hydrogen) atoms. The Morgan fingerprint density at radius 3 is 2.86 bits per heavy atom. The van der Waals surface area contributed by atoms with Gasteiger partial charge in [0, 0.05) is 23.3 Å². The topological polar surface area (TPSA) is 98.6 Å². The summed E-state index contributed by atoms with van der Waals surface area (Å²) in [7, 11) is 0. The third kappa shape index (κ3) is 3.73. The van der Waals surface area contributed by atoms with Crippen molar-refractivity contribution in [2.45, 2.75) is 58.1 Å². The Morgan fingerprint density at radius 2 is 2.14 bits per heavy atom. The predicted molar refractivity (Wildman–Crippen MR) is 107 cm³/mol. The molecule has 4 rings (SSSR count). The van der Waals surface area contributed by atoms with E-state index in [1.54, 1.807) is 26.2 Å². The van der Waals surface area contributed by atoms with Crippen LogP contribution in [0.4, 0.5) is 4.79 Å². The molecular weight excluding hydrogens is 368 g/mol. The Labute approximate surface area is 169 Å². The first-order valence-electron chi connectivity index (χ1n) is 10.0. The molecule has 1 saturated carbocycles. The summed E-state index contributed by atoms with van der Waals surface area (Å²) in [6.07, 6.45) is 11.3.